The molecule has 1 aromatic carbocycles. The van der Waals surface area contributed by atoms with Gasteiger partial charge in [0, 0.05) is 18.5 Å². The number of para-hydroxylation sites is 1. The van der Waals surface area contributed by atoms with E-state index in [-0.39, 0.29) is 5.91 Å². The maximum atomic E-state index is 12.3. The molecule has 0 spiro atoms. The van der Waals surface area contributed by atoms with Crippen molar-refractivity contribution in [2.45, 2.75) is 25.8 Å². The highest BCUT2D eigenvalue weighted by Crippen LogP contribution is 2.26. The Bertz CT molecular complexity index is 766. The van der Waals surface area contributed by atoms with Crippen LogP contribution in [0.25, 0.3) is 10.9 Å². The zero-order valence-electron chi connectivity index (χ0n) is 13.4. The van der Waals surface area contributed by atoms with Gasteiger partial charge in [-0.3, -0.25) is 14.3 Å². The fraction of sp³-hybridized carbons (Fsp3) is 0.389. The molecule has 2 aromatic rings. The van der Waals surface area contributed by atoms with Gasteiger partial charge in [0.15, 0.2) is 0 Å². The third kappa shape index (κ3) is 3.48. The Balaban J connectivity index is 1.50. The van der Waals surface area contributed by atoms with Gasteiger partial charge in [-0.2, -0.15) is 5.10 Å². The monoisotopic (exact) mass is 327 g/mol. The standard InChI is InChI=1S/C18H21N3O3/c22-17(14-7-2-3-8-15(14)18(23)24)19-10-5-11-21-16-9-4-1-6-13(16)12-20-21/h1-4,6,9,12,14-15H,5,7-8,10-11H2,(H,19,22)(H,23,24)/t14-,15+/m1/s1. The summed E-state index contributed by atoms with van der Waals surface area (Å²) in [6.45, 7) is 1.22. The Labute approximate surface area is 140 Å². The molecule has 0 aliphatic heterocycles. The summed E-state index contributed by atoms with van der Waals surface area (Å²) in [5.74, 6) is -2.16. The first-order valence-electron chi connectivity index (χ1n) is 8.23. The molecule has 1 aliphatic rings. The molecule has 0 saturated carbocycles. The molecule has 1 heterocycles. The normalized spacial score (nSPS) is 20.2. The summed E-state index contributed by atoms with van der Waals surface area (Å²) < 4.78 is 1.92. The van der Waals surface area contributed by atoms with E-state index < -0.39 is 17.8 Å². The van der Waals surface area contributed by atoms with E-state index in [1.54, 1.807) is 0 Å². The molecule has 2 atom stereocenters. The molecule has 1 aliphatic carbocycles. The van der Waals surface area contributed by atoms with Crippen LogP contribution in [0.3, 0.4) is 0 Å². The van der Waals surface area contributed by atoms with Crippen molar-refractivity contribution in [3.05, 3.63) is 42.6 Å². The van der Waals surface area contributed by atoms with E-state index in [4.69, 9.17) is 0 Å². The van der Waals surface area contributed by atoms with Gasteiger partial charge in [-0.1, -0.05) is 30.4 Å². The van der Waals surface area contributed by atoms with Crippen molar-refractivity contribution in [2.24, 2.45) is 11.8 Å². The van der Waals surface area contributed by atoms with Gasteiger partial charge in [0.05, 0.1) is 23.5 Å². The lowest BCUT2D eigenvalue weighted by Gasteiger charge is -2.24. The summed E-state index contributed by atoms with van der Waals surface area (Å²) in [6, 6.07) is 7.99. The van der Waals surface area contributed by atoms with Crippen molar-refractivity contribution >= 4 is 22.8 Å². The Hall–Kier alpha value is -2.63. The average Bonchev–Trinajstić information content (AvgIpc) is 3.01. The molecule has 24 heavy (non-hydrogen) atoms. The van der Waals surface area contributed by atoms with Gasteiger partial charge in [-0.15, -0.1) is 0 Å². The van der Waals surface area contributed by atoms with Crippen LogP contribution in [0.4, 0.5) is 0 Å². The molecule has 126 valence electrons. The summed E-state index contributed by atoms with van der Waals surface area (Å²) in [5, 5.41) is 17.6. The van der Waals surface area contributed by atoms with Crippen LogP contribution in [0.1, 0.15) is 19.3 Å². The average molecular weight is 327 g/mol. The Morgan fingerprint density at radius 1 is 1.21 bits per heavy atom. The zero-order chi connectivity index (χ0) is 16.9. The predicted octanol–water partition coefficient (Wildman–Crippen LogP) is 2.21. The molecule has 1 amide bonds. The molecule has 6 heteroatoms. The third-order valence-corrected chi connectivity index (χ3v) is 4.48. The summed E-state index contributed by atoms with van der Waals surface area (Å²) in [6.07, 6.45) is 7.22. The number of fused-ring (bicyclic) bond motifs is 1. The highest BCUT2D eigenvalue weighted by molar-refractivity contribution is 5.85. The minimum absolute atomic E-state index is 0.169. The van der Waals surface area contributed by atoms with Crippen LogP contribution in [-0.2, 0) is 16.1 Å². The van der Waals surface area contributed by atoms with Gasteiger partial charge in [0.25, 0.3) is 0 Å². The fourth-order valence-electron chi connectivity index (χ4n) is 3.15. The highest BCUT2D eigenvalue weighted by atomic mass is 16.4. The van der Waals surface area contributed by atoms with Crippen LogP contribution in [0.5, 0.6) is 0 Å². The molecule has 0 fully saturated rings. The van der Waals surface area contributed by atoms with E-state index in [0.717, 1.165) is 17.3 Å². The van der Waals surface area contributed by atoms with E-state index in [1.807, 2.05) is 47.3 Å². The number of amides is 1. The second-order valence-electron chi connectivity index (χ2n) is 6.07. The molecule has 1 aromatic heterocycles. The SMILES string of the molecule is O=C(O)[C@H]1CC=CC[C@H]1C(=O)NCCCn1ncc2ccccc21. The second-order valence-corrected chi connectivity index (χ2v) is 6.07. The molecule has 0 bridgehead atoms. The number of carbonyl (C=O) groups excluding carboxylic acids is 1. The molecular formula is C18H21N3O3. The molecule has 0 unspecified atom stereocenters. The van der Waals surface area contributed by atoms with E-state index in [9.17, 15) is 14.7 Å². The van der Waals surface area contributed by atoms with Crippen LogP contribution in [0.15, 0.2) is 42.6 Å². The Morgan fingerprint density at radius 2 is 1.96 bits per heavy atom. The number of hydrogen-bond donors (Lipinski definition) is 2. The van der Waals surface area contributed by atoms with Crippen LogP contribution >= 0.6 is 0 Å². The second kappa shape index (κ2) is 7.29. The quantitative estimate of drug-likeness (QED) is 0.629. The number of allylic oxidation sites excluding steroid dienone is 2. The van der Waals surface area contributed by atoms with Gasteiger partial charge in [0.1, 0.15) is 0 Å². The number of hydrogen-bond acceptors (Lipinski definition) is 3. The van der Waals surface area contributed by atoms with Gasteiger partial charge < -0.3 is 10.4 Å². The van der Waals surface area contributed by atoms with Crippen LogP contribution < -0.4 is 5.32 Å². The number of nitrogens with zero attached hydrogens (tertiary/aromatic N) is 2. The first-order valence-corrected chi connectivity index (χ1v) is 8.23. The van der Waals surface area contributed by atoms with Crippen molar-refractivity contribution in [1.29, 1.82) is 0 Å². The van der Waals surface area contributed by atoms with Gasteiger partial charge in [-0.25, -0.2) is 0 Å². The minimum atomic E-state index is -0.900. The largest absolute Gasteiger partial charge is 0.481 e. The van der Waals surface area contributed by atoms with Crippen LogP contribution in [0, 0.1) is 11.8 Å². The number of aromatic nitrogens is 2. The van der Waals surface area contributed by atoms with Crippen molar-refractivity contribution in [2.75, 3.05) is 6.54 Å². The van der Waals surface area contributed by atoms with Crippen LogP contribution in [-0.4, -0.2) is 33.3 Å². The van der Waals surface area contributed by atoms with Crippen molar-refractivity contribution in [3.8, 4) is 0 Å². The molecule has 0 radical (unpaired) electrons. The fourth-order valence-corrected chi connectivity index (χ4v) is 3.15. The number of carboxylic acid groups (broad SMARTS) is 1. The minimum Gasteiger partial charge on any atom is -0.481 e. The van der Waals surface area contributed by atoms with E-state index in [0.29, 0.717) is 25.9 Å². The number of aryl methyl sites for hydroxylation is 1. The number of rotatable bonds is 6. The lowest BCUT2D eigenvalue weighted by molar-refractivity contribution is -0.147. The number of carbonyl (C=O) groups is 2. The smallest absolute Gasteiger partial charge is 0.307 e. The van der Waals surface area contributed by atoms with E-state index >= 15 is 0 Å². The Morgan fingerprint density at radius 3 is 2.75 bits per heavy atom. The first-order chi connectivity index (χ1) is 11.7. The molecule has 2 N–H and O–H groups in total. The number of nitrogens with one attached hydrogen (secondary N) is 1. The summed E-state index contributed by atoms with van der Waals surface area (Å²) in [4.78, 5) is 23.5. The molecule has 3 rings (SSSR count). The van der Waals surface area contributed by atoms with Crippen molar-refractivity contribution in [3.63, 3.8) is 0 Å². The zero-order valence-corrected chi connectivity index (χ0v) is 13.4. The first kappa shape index (κ1) is 16.2. The maximum Gasteiger partial charge on any atom is 0.307 e. The summed E-state index contributed by atoms with van der Waals surface area (Å²) in [5.41, 5.74) is 1.08. The highest BCUT2D eigenvalue weighted by Gasteiger charge is 2.33. The predicted molar refractivity (Wildman–Crippen MR) is 90.3 cm³/mol. The van der Waals surface area contributed by atoms with E-state index in [2.05, 4.69) is 10.4 Å². The Kier molecular flexibility index (Phi) is 4.93. The van der Waals surface area contributed by atoms with Crippen LogP contribution in [0.2, 0.25) is 0 Å². The van der Waals surface area contributed by atoms with Gasteiger partial charge in [-0.05, 0) is 25.3 Å². The number of aliphatic carboxylic acids is 1. The number of carboxylic acids is 1. The van der Waals surface area contributed by atoms with Gasteiger partial charge in [0.2, 0.25) is 5.91 Å². The molecular weight excluding hydrogens is 306 g/mol. The molecule has 6 nitrogen and oxygen atoms in total. The summed E-state index contributed by atoms with van der Waals surface area (Å²) >= 11 is 0. The van der Waals surface area contributed by atoms with Crippen molar-refractivity contribution in [1.82, 2.24) is 15.1 Å². The lowest BCUT2D eigenvalue weighted by atomic mass is 9.82. The topological polar surface area (TPSA) is 84.2 Å². The van der Waals surface area contributed by atoms with Crippen molar-refractivity contribution < 1.29 is 14.7 Å². The van der Waals surface area contributed by atoms with E-state index in [1.165, 1.54) is 0 Å². The maximum absolute atomic E-state index is 12.3. The molecule has 0 saturated heterocycles. The number of benzene rings is 1. The van der Waals surface area contributed by atoms with Gasteiger partial charge >= 0.3 is 5.97 Å². The summed E-state index contributed by atoms with van der Waals surface area (Å²) in [7, 11) is 0. The third-order valence-electron chi connectivity index (χ3n) is 4.48. The lowest BCUT2D eigenvalue weighted by Crippen LogP contribution is -2.39.